The van der Waals surface area contributed by atoms with Gasteiger partial charge in [-0.05, 0) is 23.5 Å². The summed E-state index contributed by atoms with van der Waals surface area (Å²) in [5.41, 5.74) is 0. The minimum atomic E-state index is -0.677. The predicted molar refractivity (Wildman–Crippen MR) is 88.8 cm³/mol. The van der Waals surface area contributed by atoms with Crippen molar-refractivity contribution >= 4 is 29.7 Å². The van der Waals surface area contributed by atoms with Gasteiger partial charge in [0.05, 0.1) is 0 Å². The first-order valence-corrected chi connectivity index (χ1v) is 7.98. The van der Waals surface area contributed by atoms with Crippen molar-refractivity contribution in [1.29, 1.82) is 0 Å². The number of carbonyl (C=O) groups is 3. The van der Waals surface area contributed by atoms with Crippen LogP contribution in [0.3, 0.4) is 0 Å². The highest BCUT2D eigenvalue weighted by Gasteiger charge is 2.09. The summed E-state index contributed by atoms with van der Waals surface area (Å²) < 4.78 is 4.74. The van der Waals surface area contributed by atoms with Gasteiger partial charge in [-0.1, -0.05) is 43.8 Å². The molecule has 0 radical (unpaired) electrons. The summed E-state index contributed by atoms with van der Waals surface area (Å²) in [6, 6.07) is 8.90. The van der Waals surface area contributed by atoms with Crippen molar-refractivity contribution < 1.29 is 19.1 Å². The van der Waals surface area contributed by atoms with E-state index >= 15 is 0 Å². The first-order valence-electron chi connectivity index (χ1n) is 7.10. The first kappa shape index (κ1) is 18.8. The summed E-state index contributed by atoms with van der Waals surface area (Å²) in [5, 5.41) is 6.18. The van der Waals surface area contributed by atoms with E-state index in [0.717, 1.165) is 4.90 Å². The van der Waals surface area contributed by atoms with Crippen LogP contribution in [-0.2, 0) is 14.3 Å². The molecule has 0 fully saturated rings. The molecule has 0 unspecified atom stereocenters. The van der Waals surface area contributed by atoms with E-state index in [-0.39, 0.29) is 5.92 Å². The number of ether oxygens (including phenoxy) is 1. The topological polar surface area (TPSA) is 84.5 Å². The highest BCUT2D eigenvalue weighted by atomic mass is 32.2. The molecule has 0 atom stereocenters. The van der Waals surface area contributed by atoms with E-state index in [9.17, 15) is 14.4 Å². The standard InChI is InChI=1S/C16H20N2O4S/c1-12(2)10-17-16(21)18-14(19)11-22-15(20)8-9-23-13-6-4-3-5-7-13/h3-9,12H,10-11H2,1-2H3,(H2,17,18,19,21)/b9-8+. The van der Waals surface area contributed by atoms with E-state index in [0.29, 0.717) is 6.54 Å². The molecule has 0 aliphatic heterocycles. The Balaban J connectivity index is 2.22. The molecule has 6 nitrogen and oxygen atoms in total. The van der Waals surface area contributed by atoms with Crippen molar-refractivity contribution in [3.05, 3.63) is 41.8 Å². The summed E-state index contributed by atoms with van der Waals surface area (Å²) in [6.07, 6.45) is 1.23. The molecule has 0 saturated heterocycles. The molecule has 1 aromatic carbocycles. The molecular formula is C16H20N2O4S. The number of carbonyl (C=O) groups excluding carboxylic acids is 3. The number of imide groups is 1. The lowest BCUT2D eigenvalue weighted by Gasteiger charge is -2.08. The third-order valence-electron chi connectivity index (χ3n) is 2.42. The van der Waals surface area contributed by atoms with Crippen LogP contribution >= 0.6 is 11.8 Å². The summed E-state index contributed by atoms with van der Waals surface area (Å²) in [4.78, 5) is 35.2. The Morgan fingerprint density at radius 1 is 1.22 bits per heavy atom. The largest absolute Gasteiger partial charge is 0.452 e. The van der Waals surface area contributed by atoms with Crippen LogP contribution < -0.4 is 10.6 Å². The van der Waals surface area contributed by atoms with E-state index in [1.807, 2.05) is 44.2 Å². The van der Waals surface area contributed by atoms with E-state index in [1.54, 1.807) is 5.41 Å². The fraction of sp³-hybridized carbons (Fsp3) is 0.312. The lowest BCUT2D eigenvalue weighted by molar-refractivity contribution is -0.143. The maximum atomic E-state index is 11.4. The van der Waals surface area contributed by atoms with Gasteiger partial charge in [-0.3, -0.25) is 10.1 Å². The van der Waals surface area contributed by atoms with Crippen molar-refractivity contribution in [2.45, 2.75) is 18.7 Å². The molecule has 1 rings (SSSR count). The monoisotopic (exact) mass is 336 g/mol. The Labute approximate surface area is 139 Å². The smallest absolute Gasteiger partial charge is 0.331 e. The molecule has 3 amide bonds. The molecular weight excluding hydrogens is 316 g/mol. The number of hydrogen-bond acceptors (Lipinski definition) is 5. The third kappa shape index (κ3) is 9.36. The van der Waals surface area contributed by atoms with Gasteiger partial charge in [0.15, 0.2) is 6.61 Å². The Morgan fingerprint density at radius 2 is 1.91 bits per heavy atom. The average molecular weight is 336 g/mol. The number of nitrogens with one attached hydrogen (secondary N) is 2. The zero-order valence-electron chi connectivity index (χ0n) is 13.1. The van der Waals surface area contributed by atoms with Gasteiger partial charge in [0.2, 0.25) is 0 Å². The number of urea groups is 1. The van der Waals surface area contributed by atoms with Gasteiger partial charge in [0.25, 0.3) is 5.91 Å². The van der Waals surface area contributed by atoms with Gasteiger partial charge in [-0.2, -0.15) is 0 Å². The Bertz CT molecular complexity index is 558. The van der Waals surface area contributed by atoms with Crippen molar-refractivity contribution in [3.8, 4) is 0 Å². The number of esters is 1. The fourth-order valence-electron chi connectivity index (χ4n) is 1.36. The molecule has 124 valence electrons. The second kappa shape index (κ2) is 10.4. The van der Waals surface area contributed by atoms with Crippen LogP contribution in [0.25, 0.3) is 0 Å². The maximum absolute atomic E-state index is 11.4. The molecule has 7 heteroatoms. The number of thioether (sulfide) groups is 1. The average Bonchev–Trinajstić information content (AvgIpc) is 2.52. The molecule has 0 heterocycles. The van der Waals surface area contributed by atoms with Crippen molar-refractivity contribution in [3.63, 3.8) is 0 Å². The van der Waals surface area contributed by atoms with Crippen molar-refractivity contribution in [2.24, 2.45) is 5.92 Å². The van der Waals surface area contributed by atoms with Gasteiger partial charge in [0, 0.05) is 17.5 Å². The van der Waals surface area contributed by atoms with E-state index < -0.39 is 24.5 Å². The summed E-state index contributed by atoms with van der Waals surface area (Å²) in [5.74, 6) is -1.05. The molecule has 2 N–H and O–H groups in total. The van der Waals surface area contributed by atoms with Gasteiger partial charge < -0.3 is 10.1 Å². The summed E-state index contributed by atoms with van der Waals surface area (Å²) in [6.45, 7) is 3.82. The van der Waals surface area contributed by atoms with Crippen LogP contribution in [-0.4, -0.2) is 31.1 Å². The van der Waals surface area contributed by atoms with Crippen LogP contribution in [0.1, 0.15) is 13.8 Å². The Kier molecular flexibility index (Phi) is 8.52. The van der Waals surface area contributed by atoms with Gasteiger partial charge >= 0.3 is 12.0 Å². The number of rotatable bonds is 7. The van der Waals surface area contributed by atoms with Crippen LogP contribution in [0.2, 0.25) is 0 Å². The number of hydrogen-bond donors (Lipinski definition) is 2. The van der Waals surface area contributed by atoms with E-state index in [2.05, 4.69) is 10.6 Å². The summed E-state index contributed by atoms with van der Waals surface area (Å²) in [7, 11) is 0. The van der Waals surface area contributed by atoms with E-state index in [1.165, 1.54) is 17.8 Å². The SMILES string of the molecule is CC(C)CNC(=O)NC(=O)COC(=O)/C=C/Sc1ccccc1. The Morgan fingerprint density at radius 3 is 2.57 bits per heavy atom. The van der Waals surface area contributed by atoms with E-state index in [4.69, 9.17) is 4.74 Å². The molecule has 0 aromatic heterocycles. The van der Waals surface area contributed by atoms with Crippen molar-refractivity contribution in [2.75, 3.05) is 13.2 Å². The second-order valence-electron chi connectivity index (χ2n) is 4.99. The first-order chi connectivity index (χ1) is 11.0. The van der Waals surface area contributed by atoms with Gasteiger partial charge in [-0.25, -0.2) is 9.59 Å². The highest BCUT2D eigenvalue weighted by molar-refractivity contribution is 8.02. The molecule has 23 heavy (non-hydrogen) atoms. The van der Waals surface area contributed by atoms with Gasteiger partial charge in [0.1, 0.15) is 0 Å². The van der Waals surface area contributed by atoms with Crippen LogP contribution in [0, 0.1) is 5.92 Å². The normalized spacial score (nSPS) is 10.6. The third-order valence-corrected chi connectivity index (χ3v) is 3.24. The van der Waals surface area contributed by atoms with Crippen LogP contribution in [0.5, 0.6) is 0 Å². The molecule has 0 saturated carbocycles. The minimum Gasteiger partial charge on any atom is -0.452 e. The lowest BCUT2D eigenvalue weighted by Crippen LogP contribution is -2.42. The maximum Gasteiger partial charge on any atom is 0.331 e. The predicted octanol–water partition coefficient (Wildman–Crippen LogP) is 2.32. The zero-order valence-corrected chi connectivity index (χ0v) is 13.9. The minimum absolute atomic E-state index is 0.279. The molecule has 1 aromatic rings. The quantitative estimate of drug-likeness (QED) is 0.453. The second-order valence-corrected chi connectivity index (χ2v) is 5.97. The van der Waals surface area contributed by atoms with Gasteiger partial charge in [-0.15, -0.1) is 0 Å². The Hall–Kier alpha value is -2.28. The zero-order chi connectivity index (χ0) is 17.1. The number of benzene rings is 1. The lowest BCUT2D eigenvalue weighted by atomic mass is 10.2. The summed E-state index contributed by atoms with van der Waals surface area (Å²) >= 11 is 1.36. The molecule has 0 bridgehead atoms. The fourth-order valence-corrected chi connectivity index (χ4v) is 2.01. The molecule has 0 aliphatic carbocycles. The van der Waals surface area contributed by atoms with Crippen LogP contribution in [0.4, 0.5) is 4.79 Å². The van der Waals surface area contributed by atoms with Crippen molar-refractivity contribution in [1.82, 2.24) is 10.6 Å². The molecule has 0 spiro atoms. The van der Waals surface area contributed by atoms with Crippen LogP contribution in [0.15, 0.2) is 46.7 Å². The molecule has 0 aliphatic rings. The highest BCUT2D eigenvalue weighted by Crippen LogP contribution is 2.17. The number of amides is 3.